The van der Waals surface area contributed by atoms with Crippen LogP contribution in [0.15, 0.2) is 34.8 Å². The van der Waals surface area contributed by atoms with Gasteiger partial charge in [0.05, 0.1) is 0 Å². The summed E-state index contributed by atoms with van der Waals surface area (Å²) in [6.45, 7) is 4.95. The summed E-state index contributed by atoms with van der Waals surface area (Å²) in [5.41, 5.74) is 0. The zero-order valence-electron chi connectivity index (χ0n) is 8.41. The lowest BCUT2D eigenvalue weighted by atomic mass is 10.3. The summed E-state index contributed by atoms with van der Waals surface area (Å²) >= 11 is 3.31. The molecule has 1 N–H and O–H groups in total. The zero-order valence-corrected chi connectivity index (χ0v) is 10.00. The van der Waals surface area contributed by atoms with Crippen molar-refractivity contribution in [2.24, 2.45) is 17.8 Å². The number of halogens is 1. The second-order valence-electron chi connectivity index (χ2n) is 4.14. The number of piperidine rings is 1. The topological polar surface area (TPSA) is 12.0 Å². The monoisotopic (exact) mass is 253 g/mol. The summed E-state index contributed by atoms with van der Waals surface area (Å²) in [5, 5.41) is 3.35. The molecule has 2 fully saturated rings. The van der Waals surface area contributed by atoms with Crippen LogP contribution in [0.1, 0.15) is 6.92 Å². The molecule has 0 amide bonds. The van der Waals surface area contributed by atoms with Crippen LogP contribution in [0.25, 0.3) is 0 Å². The van der Waals surface area contributed by atoms with Gasteiger partial charge in [-0.25, -0.2) is 0 Å². The third-order valence-corrected chi connectivity index (χ3v) is 3.78. The fraction of sp³-hybridized carbons (Fsp3) is 0.500. The Labute approximate surface area is 94.0 Å². The smallest absolute Gasteiger partial charge is 0.0175 e. The van der Waals surface area contributed by atoms with Crippen molar-refractivity contribution in [2.75, 3.05) is 13.1 Å². The molecule has 14 heavy (non-hydrogen) atoms. The van der Waals surface area contributed by atoms with Crippen LogP contribution in [-0.4, -0.2) is 13.1 Å². The van der Waals surface area contributed by atoms with Gasteiger partial charge in [0.2, 0.25) is 0 Å². The highest BCUT2D eigenvalue weighted by molar-refractivity contribution is 9.10. The van der Waals surface area contributed by atoms with Crippen molar-refractivity contribution in [3.05, 3.63) is 34.8 Å². The van der Waals surface area contributed by atoms with Gasteiger partial charge in [-0.15, -0.1) is 0 Å². The first kappa shape index (κ1) is 10.2. The van der Waals surface area contributed by atoms with Crippen LogP contribution >= 0.6 is 15.9 Å². The van der Waals surface area contributed by atoms with Gasteiger partial charge in [-0.3, -0.25) is 0 Å². The van der Waals surface area contributed by atoms with E-state index < -0.39 is 0 Å². The molecule has 1 saturated heterocycles. The molecule has 0 radical (unpaired) electrons. The average molecular weight is 254 g/mol. The Morgan fingerprint density at radius 1 is 1.14 bits per heavy atom. The quantitative estimate of drug-likeness (QED) is 0.750. The number of rotatable bonds is 0. The highest BCUT2D eigenvalue weighted by atomic mass is 79.9. The summed E-state index contributed by atoms with van der Waals surface area (Å²) in [4.78, 5) is 0. The summed E-state index contributed by atoms with van der Waals surface area (Å²) in [7, 11) is 0. The Bertz CT molecular complexity index is 276. The molecular formula is C12H16BrN. The van der Waals surface area contributed by atoms with Gasteiger partial charge in [-0.2, -0.15) is 0 Å². The first-order chi connectivity index (χ1) is 6.79. The van der Waals surface area contributed by atoms with Gasteiger partial charge in [0.15, 0.2) is 0 Å². The molecule has 2 heteroatoms. The van der Waals surface area contributed by atoms with E-state index in [2.05, 4.69) is 28.2 Å². The highest BCUT2D eigenvalue weighted by Crippen LogP contribution is 2.47. The van der Waals surface area contributed by atoms with Crippen molar-refractivity contribution in [1.29, 1.82) is 0 Å². The van der Waals surface area contributed by atoms with E-state index in [1.54, 1.807) is 0 Å². The van der Waals surface area contributed by atoms with Crippen LogP contribution in [0.3, 0.4) is 0 Å². The molecule has 1 aromatic carbocycles. The largest absolute Gasteiger partial charge is 0.316 e. The predicted octanol–water partition coefficient (Wildman–Crippen LogP) is 2.92. The van der Waals surface area contributed by atoms with Crippen molar-refractivity contribution in [3.63, 3.8) is 0 Å². The van der Waals surface area contributed by atoms with Gasteiger partial charge < -0.3 is 5.32 Å². The molecule has 0 bridgehead atoms. The van der Waals surface area contributed by atoms with E-state index in [1.165, 1.54) is 13.1 Å². The molecule has 1 aromatic rings. The minimum Gasteiger partial charge on any atom is -0.316 e. The number of nitrogens with one attached hydrogen (secondary N) is 1. The average Bonchev–Trinajstić information content (AvgIpc) is 2.68. The molecular weight excluding hydrogens is 238 g/mol. The molecule has 2 aliphatic rings. The molecule has 1 heterocycles. The molecule has 1 aliphatic heterocycles. The number of fused-ring (bicyclic) bond motifs is 1. The van der Waals surface area contributed by atoms with Gasteiger partial charge in [-0.05, 0) is 43.0 Å². The highest BCUT2D eigenvalue weighted by Gasteiger charge is 2.49. The van der Waals surface area contributed by atoms with Gasteiger partial charge in [0, 0.05) is 4.47 Å². The summed E-state index contributed by atoms with van der Waals surface area (Å²) in [6, 6.07) is 9.97. The fourth-order valence-electron chi connectivity index (χ4n) is 2.14. The lowest BCUT2D eigenvalue weighted by Crippen LogP contribution is -2.13. The van der Waals surface area contributed by atoms with Crippen LogP contribution in [0.4, 0.5) is 0 Å². The number of hydrogen-bond donors (Lipinski definition) is 1. The van der Waals surface area contributed by atoms with E-state index in [9.17, 15) is 0 Å². The molecule has 0 aromatic heterocycles. The Kier molecular flexibility index (Phi) is 3.24. The zero-order chi connectivity index (χ0) is 9.97. The Hall–Kier alpha value is -0.340. The van der Waals surface area contributed by atoms with Crippen LogP contribution in [0.2, 0.25) is 0 Å². The minimum absolute atomic E-state index is 1.06. The SMILES string of the molecule is Brc1ccccc1.CC1C2CNCC12. The van der Waals surface area contributed by atoms with Crippen LogP contribution in [0, 0.1) is 17.8 Å². The summed E-state index contributed by atoms with van der Waals surface area (Å²) < 4.78 is 1.13. The van der Waals surface area contributed by atoms with Crippen LogP contribution in [0.5, 0.6) is 0 Å². The Balaban J connectivity index is 0.000000107. The van der Waals surface area contributed by atoms with E-state index in [0.717, 1.165) is 22.2 Å². The van der Waals surface area contributed by atoms with Gasteiger partial charge >= 0.3 is 0 Å². The van der Waals surface area contributed by atoms with E-state index in [0.29, 0.717) is 0 Å². The second-order valence-corrected chi connectivity index (χ2v) is 5.06. The first-order valence-electron chi connectivity index (χ1n) is 5.20. The second kappa shape index (κ2) is 4.45. The molecule has 1 saturated carbocycles. The molecule has 3 rings (SSSR count). The standard InChI is InChI=1S/C6H5Br.C6H11N/c7-6-4-2-1-3-5-6;1-4-5-2-7-3-6(4)5/h1-5H;4-7H,2-3H2,1H3. The lowest BCUT2D eigenvalue weighted by molar-refractivity contribution is 0.634. The fourth-order valence-corrected chi connectivity index (χ4v) is 2.45. The van der Waals surface area contributed by atoms with Crippen LogP contribution in [-0.2, 0) is 0 Å². The summed E-state index contributed by atoms with van der Waals surface area (Å²) in [5.74, 6) is 3.20. The maximum atomic E-state index is 3.35. The van der Waals surface area contributed by atoms with E-state index in [4.69, 9.17) is 0 Å². The van der Waals surface area contributed by atoms with Crippen molar-refractivity contribution >= 4 is 15.9 Å². The molecule has 1 nitrogen and oxygen atoms in total. The van der Waals surface area contributed by atoms with Crippen molar-refractivity contribution in [2.45, 2.75) is 6.92 Å². The molecule has 1 aliphatic carbocycles. The predicted molar refractivity (Wildman–Crippen MR) is 63.2 cm³/mol. The molecule has 76 valence electrons. The van der Waals surface area contributed by atoms with E-state index in [1.807, 2.05) is 30.3 Å². The van der Waals surface area contributed by atoms with Crippen LogP contribution < -0.4 is 5.32 Å². The first-order valence-corrected chi connectivity index (χ1v) is 5.99. The Morgan fingerprint density at radius 3 is 2.00 bits per heavy atom. The van der Waals surface area contributed by atoms with Gasteiger partial charge in [-0.1, -0.05) is 41.1 Å². The molecule has 2 unspecified atom stereocenters. The molecule has 2 atom stereocenters. The number of hydrogen-bond acceptors (Lipinski definition) is 1. The molecule has 0 spiro atoms. The van der Waals surface area contributed by atoms with Gasteiger partial charge in [0.1, 0.15) is 0 Å². The maximum Gasteiger partial charge on any atom is 0.0175 e. The minimum atomic E-state index is 1.06. The Morgan fingerprint density at radius 2 is 1.71 bits per heavy atom. The normalized spacial score (nSPS) is 32.9. The van der Waals surface area contributed by atoms with Crippen molar-refractivity contribution in [3.8, 4) is 0 Å². The summed E-state index contributed by atoms with van der Waals surface area (Å²) in [6.07, 6.45) is 0. The number of benzene rings is 1. The van der Waals surface area contributed by atoms with Crippen molar-refractivity contribution < 1.29 is 0 Å². The van der Waals surface area contributed by atoms with E-state index in [-0.39, 0.29) is 0 Å². The maximum absolute atomic E-state index is 3.35. The van der Waals surface area contributed by atoms with Gasteiger partial charge in [0.25, 0.3) is 0 Å². The van der Waals surface area contributed by atoms with Crippen molar-refractivity contribution in [1.82, 2.24) is 5.32 Å². The third-order valence-electron chi connectivity index (χ3n) is 3.25. The van der Waals surface area contributed by atoms with E-state index >= 15 is 0 Å². The lowest BCUT2D eigenvalue weighted by Gasteiger charge is -1.93. The third kappa shape index (κ3) is 2.37.